The number of carbonyl (C=O) groups excluding carboxylic acids is 1. The maximum atomic E-state index is 12.5. The lowest BCUT2D eigenvalue weighted by atomic mass is 9.91. The minimum absolute atomic E-state index is 0.200. The molecule has 0 amide bonds. The van der Waals surface area contributed by atoms with Gasteiger partial charge in [-0.1, -0.05) is 11.6 Å². The lowest BCUT2D eigenvalue weighted by Gasteiger charge is -2.30. The highest BCUT2D eigenvalue weighted by Crippen LogP contribution is 2.35. The minimum Gasteiger partial charge on any atom is -0.486 e. The molecule has 0 saturated carbocycles. The Bertz CT molecular complexity index is 1080. The number of aryl methyl sites for hydroxylation is 1. The molecule has 2 aliphatic heterocycles. The van der Waals surface area contributed by atoms with Gasteiger partial charge in [-0.25, -0.2) is 0 Å². The van der Waals surface area contributed by atoms with E-state index in [0.29, 0.717) is 18.9 Å². The molecule has 0 aliphatic carbocycles. The van der Waals surface area contributed by atoms with Crippen LogP contribution in [0, 0.1) is 6.92 Å². The van der Waals surface area contributed by atoms with Crippen molar-refractivity contribution in [3.05, 3.63) is 74.1 Å². The molecule has 1 aromatic carbocycles. The number of ether oxygens (including phenoxy) is 3. The van der Waals surface area contributed by atoms with E-state index < -0.39 is 0 Å². The number of nitrogens with zero attached hydrogens (tertiary/aromatic N) is 1. The smallest absolute Gasteiger partial charge is 0.320 e. The van der Waals surface area contributed by atoms with Crippen molar-refractivity contribution in [3.8, 4) is 11.5 Å². The van der Waals surface area contributed by atoms with Crippen molar-refractivity contribution in [1.82, 2.24) is 4.90 Å². The van der Waals surface area contributed by atoms with Crippen LogP contribution in [0.5, 0.6) is 11.5 Å². The molecule has 0 radical (unpaired) electrons. The Morgan fingerprint density at radius 3 is 2.45 bits per heavy atom. The number of hydrogen-bond donors (Lipinski definition) is 0. The van der Waals surface area contributed by atoms with Crippen LogP contribution in [0.1, 0.15) is 29.5 Å². The monoisotopic (exact) mass is 481 g/mol. The van der Waals surface area contributed by atoms with Crippen LogP contribution in [0.25, 0.3) is 5.57 Å². The highest BCUT2D eigenvalue weighted by molar-refractivity contribution is 7.08. The fraction of sp³-hybridized carbons (Fsp3) is 0.346. The van der Waals surface area contributed by atoms with Crippen LogP contribution in [0.3, 0.4) is 0 Å². The summed E-state index contributed by atoms with van der Waals surface area (Å²) < 4.78 is 17.2. The van der Waals surface area contributed by atoms with Gasteiger partial charge in [0.05, 0.1) is 6.54 Å². The summed E-state index contributed by atoms with van der Waals surface area (Å²) >= 11 is 3.46. The molecule has 5 nitrogen and oxygen atoms in total. The summed E-state index contributed by atoms with van der Waals surface area (Å²) in [5.41, 5.74) is 6.56. The summed E-state index contributed by atoms with van der Waals surface area (Å²) in [6.45, 7) is 4.63. The van der Waals surface area contributed by atoms with Gasteiger partial charge < -0.3 is 14.2 Å². The molecule has 2 aliphatic rings. The van der Waals surface area contributed by atoms with Crippen LogP contribution >= 0.6 is 22.7 Å². The van der Waals surface area contributed by atoms with E-state index in [9.17, 15) is 4.79 Å². The molecular weight excluding hydrogens is 454 g/mol. The average molecular weight is 482 g/mol. The molecule has 7 heteroatoms. The Hall–Kier alpha value is -2.61. The molecular formula is C26H27NO4S2. The molecule has 3 aromatic rings. The zero-order valence-corrected chi connectivity index (χ0v) is 20.3. The van der Waals surface area contributed by atoms with Crippen LogP contribution in [-0.4, -0.2) is 49.8 Å². The average Bonchev–Trinajstić information content (AvgIpc) is 3.54. The third kappa shape index (κ3) is 5.32. The molecule has 1 saturated heterocycles. The van der Waals surface area contributed by atoms with Crippen LogP contribution in [0.15, 0.2) is 57.4 Å². The van der Waals surface area contributed by atoms with E-state index in [1.165, 1.54) is 22.3 Å². The maximum Gasteiger partial charge on any atom is 0.320 e. The van der Waals surface area contributed by atoms with Crippen molar-refractivity contribution in [3.63, 3.8) is 0 Å². The Morgan fingerprint density at radius 2 is 1.79 bits per heavy atom. The number of piperidine rings is 1. The third-order valence-electron chi connectivity index (χ3n) is 6.03. The third-order valence-corrected chi connectivity index (χ3v) is 7.40. The van der Waals surface area contributed by atoms with Crippen LogP contribution < -0.4 is 9.47 Å². The van der Waals surface area contributed by atoms with Crippen LogP contribution in [0.2, 0.25) is 0 Å². The van der Waals surface area contributed by atoms with E-state index in [4.69, 9.17) is 14.2 Å². The number of fused-ring (bicyclic) bond motifs is 1. The van der Waals surface area contributed by atoms with Gasteiger partial charge in [0.25, 0.3) is 0 Å². The first-order valence-corrected chi connectivity index (χ1v) is 13.1. The fourth-order valence-electron chi connectivity index (χ4n) is 4.34. The first kappa shape index (κ1) is 22.2. The summed E-state index contributed by atoms with van der Waals surface area (Å²) in [6, 6.07) is 10.2. The first-order chi connectivity index (χ1) is 16.2. The Labute approximate surface area is 202 Å². The lowest BCUT2D eigenvalue weighted by molar-refractivity contribution is -0.148. The number of esters is 1. The second-order valence-electron chi connectivity index (χ2n) is 8.46. The van der Waals surface area contributed by atoms with Crippen LogP contribution in [-0.2, 0) is 9.53 Å². The number of rotatable bonds is 6. The molecule has 1 atom stereocenters. The highest BCUT2D eigenvalue weighted by Gasteiger charge is 2.24. The Kier molecular flexibility index (Phi) is 6.80. The summed E-state index contributed by atoms with van der Waals surface area (Å²) in [5.74, 6) is 1.24. The van der Waals surface area contributed by atoms with E-state index in [1.54, 1.807) is 22.7 Å². The van der Waals surface area contributed by atoms with Gasteiger partial charge in [-0.05, 0) is 87.8 Å². The molecule has 0 N–H and O–H groups in total. The highest BCUT2D eigenvalue weighted by atomic mass is 32.1. The number of hydrogen-bond acceptors (Lipinski definition) is 7. The summed E-state index contributed by atoms with van der Waals surface area (Å²) in [7, 11) is 0. The first-order valence-electron chi connectivity index (χ1n) is 11.2. The minimum atomic E-state index is -0.279. The van der Waals surface area contributed by atoms with Crippen molar-refractivity contribution >= 4 is 34.2 Å². The van der Waals surface area contributed by atoms with Crippen molar-refractivity contribution in [2.75, 3.05) is 32.8 Å². The van der Waals surface area contributed by atoms with E-state index in [0.717, 1.165) is 37.2 Å². The maximum absolute atomic E-state index is 12.5. The van der Waals surface area contributed by atoms with Gasteiger partial charge in [-0.3, -0.25) is 9.69 Å². The van der Waals surface area contributed by atoms with E-state index in [1.807, 2.05) is 25.1 Å². The van der Waals surface area contributed by atoms with Crippen molar-refractivity contribution in [1.29, 1.82) is 0 Å². The largest absolute Gasteiger partial charge is 0.486 e. The normalized spacial score (nSPS) is 18.2. The molecule has 2 aromatic heterocycles. The van der Waals surface area contributed by atoms with Gasteiger partial charge in [0.1, 0.15) is 13.2 Å². The number of likely N-dealkylation sites (tertiary alicyclic amines) is 1. The molecule has 1 fully saturated rings. The molecule has 33 heavy (non-hydrogen) atoms. The zero-order valence-electron chi connectivity index (χ0n) is 18.6. The van der Waals surface area contributed by atoms with Crippen LogP contribution in [0.4, 0.5) is 0 Å². The van der Waals surface area contributed by atoms with Gasteiger partial charge in [-0.15, -0.1) is 0 Å². The summed E-state index contributed by atoms with van der Waals surface area (Å²) in [6.07, 6.45) is 1.65. The Morgan fingerprint density at radius 1 is 1.06 bits per heavy atom. The standard InChI is InChI=1S/C26H27NO4S2/c1-18-2-3-23-24(12-18)29-14-22(31-23)15-30-25(28)13-27-8-4-19(5-9-27)26(20-6-10-32-16-20)21-7-11-33-17-21/h2-3,6-7,10-12,16-17,22H,4-5,8-9,13-15H2,1H3. The predicted molar refractivity (Wildman–Crippen MR) is 132 cm³/mol. The van der Waals surface area contributed by atoms with Crippen molar-refractivity contribution in [2.24, 2.45) is 0 Å². The molecule has 5 rings (SSSR count). The topological polar surface area (TPSA) is 48.0 Å². The number of benzene rings is 1. The fourth-order valence-corrected chi connectivity index (χ4v) is 5.63. The second-order valence-corrected chi connectivity index (χ2v) is 10.0. The van der Waals surface area contributed by atoms with Gasteiger partial charge in [0.2, 0.25) is 0 Å². The van der Waals surface area contributed by atoms with Gasteiger partial charge in [0, 0.05) is 13.1 Å². The van der Waals surface area contributed by atoms with E-state index in [-0.39, 0.29) is 18.7 Å². The number of thiophene rings is 2. The lowest BCUT2D eigenvalue weighted by Crippen LogP contribution is -2.39. The SMILES string of the molecule is Cc1ccc2c(c1)OCC(COC(=O)CN1CCC(=C(c3ccsc3)c3ccsc3)CC1)O2. The second kappa shape index (κ2) is 10.1. The molecule has 0 spiro atoms. The van der Waals surface area contributed by atoms with E-state index >= 15 is 0 Å². The summed E-state index contributed by atoms with van der Waals surface area (Å²) in [5, 5.41) is 8.71. The van der Waals surface area contributed by atoms with Gasteiger partial charge in [-0.2, -0.15) is 22.7 Å². The molecule has 0 bridgehead atoms. The van der Waals surface area contributed by atoms with Crippen molar-refractivity contribution < 1.29 is 19.0 Å². The summed E-state index contributed by atoms with van der Waals surface area (Å²) in [4.78, 5) is 14.6. The van der Waals surface area contributed by atoms with Gasteiger partial charge in [0.15, 0.2) is 17.6 Å². The molecule has 172 valence electrons. The van der Waals surface area contributed by atoms with E-state index in [2.05, 4.69) is 38.6 Å². The van der Waals surface area contributed by atoms with Gasteiger partial charge >= 0.3 is 5.97 Å². The van der Waals surface area contributed by atoms with Crippen molar-refractivity contribution in [2.45, 2.75) is 25.9 Å². The molecule has 1 unspecified atom stereocenters. The zero-order chi connectivity index (χ0) is 22.6. The predicted octanol–water partition coefficient (Wildman–Crippen LogP) is 5.40. The molecule has 4 heterocycles. The quantitative estimate of drug-likeness (QED) is 0.441. The number of carbonyl (C=O) groups is 1. The Balaban J connectivity index is 1.13.